The summed E-state index contributed by atoms with van der Waals surface area (Å²) in [5.74, 6) is -0.0839. The second-order valence-corrected chi connectivity index (χ2v) is 9.67. The van der Waals surface area contributed by atoms with Gasteiger partial charge in [-0.2, -0.15) is 0 Å². The maximum Gasteiger partial charge on any atom is 0.186 e. The molecule has 11 atom stereocenters. The minimum absolute atomic E-state index is 0.156. The zero-order valence-corrected chi connectivity index (χ0v) is 17.5. The molecule has 2 aliphatic heterocycles. The molecule has 2 heterocycles. The third kappa shape index (κ3) is 4.93. The fourth-order valence-electron chi connectivity index (χ4n) is 5.75. The first-order chi connectivity index (χ1) is 14.8. The molecule has 31 heavy (non-hydrogen) atoms. The third-order valence-corrected chi connectivity index (χ3v) is 7.55. The summed E-state index contributed by atoms with van der Waals surface area (Å²) in [4.78, 5) is 0. The van der Waals surface area contributed by atoms with Crippen molar-refractivity contribution >= 4 is 0 Å². The van der Waals surface area contributed by atoms with Crippen LogP contribution in [0.3, 0.4) is 0 Å². The summed E-state index contributed by atoms with van der Waals surface area (Å²) >= 11 is 0. The highest BCUT2D eigenvalue weighted by Gasteiger charge is 2.51. The topological polar surface area (TPSA) is 169 Å². The number of aliphatic hydroxyl groups excluding tert-OH is 7. The zero-order valence-electron chi connectivity index (χ0n) is 17.5. The van der Waals surface area contributed by atoms with Crippen molar-refractivity contribution < 1.29 is 50.0 Å². The van der Waals surface area contributed by atoms with E-state index in [0.717, 1.165) is 12.8 Å². The Bertz CT molecular complexity index is 583. The lowest BCUT2D eigenvalue weighted by molar-refractivity contribution is -0.327. The smallest absolute Gasteiger partial charge is 0.186 e. The summed E-state index contributed by atoms with van der Waals surface area (Å²) in [7, 11) is 0. The maximum atomic E-state index is 10.8. The van der Waals surface area contributed by atoms with Gasteiger partial charge in [0, 0.05) is 12.3 Å². The quantitative estimate of drug-likeness (QED) is 0.256. The Morgan fingerprint density at radius 1 is 0.742 bits per heavy atom. The van der Waals surface area contributed by atoms with Crippen molar-refractivity contribution in [3.63, 3.8) is 0 Å². The molecule has 2 saturated heterocycles. The summed E-state index contributed by atoms with van der Waals surface area (Å²) in [5.41, 5.74) is 0. The molecule has 0 aromatic carbocycles. The van der Waals surface area contributed by atoms with Gasteiger partial charge in [-0.05, 0) is 44.4 Å². The average molecular weight is 449 g/mol. The fraction of sp³-hybridized carbons (Fsp3) is 1.00. The highest BCUT2D eigenvalue weighted by molar-refractivity contribution is 4.98. The van der Waals surface area contributed by atoms with Gasteiger partial charge in [-0.15, -0.1) is 0 Å². The van der Waals surface area contributed by atoms with E-state index in [1.165, 1.54) is 0 Å². The van der Waals surface area contributed by atoms with Crippen LogP contribution in [0.1, 0.15) is 44.9 Å². The van der Waals surface area contributed by atoms with Crippen molar-refractivity contribution in [2.24, 2.45) is 11.8 Å². The number of aliphatic hydroxyl groups is 7. The number of hydrogen-bond donors (Lipinski definition) is 7. The molecule has 180 valence electrons. The summed E-state index contributed by atoms with van der Waals surface area (Å²) < 4.78 is 17.7. The van der Waals surface area contributed by atoms with Crippen molar-refractivity contribution in [1.29, 1.82) is 0 Å². The predicted octanol–water partition coefficient (Wildman–Crippen LogP) is -1.99. The van der Waals surface area contributed by atoms with Crippen LogP contribution in [0, 0.1) is 11.8 Å². The molecule has 10 heteroatoms. The van der Waals surface area contributed by atoms with E-state index < -0.39 is 55.6 Å². The fourth-order valence-corrected chi connectivity index (χ4v) is 5.75. The Morgan fingerprint density at radius 2 is 1.45 bits per heavy atom. The Kier molecular flexibility index (Phi) is 7.54. The van der Waals surface area contributed by atoms with Gasteiger partial charge in [0.25, 0.3) is 0 Å². The van der Waals surface area contributed by atoms with Crippen molar-refractivity contribution in [2.45, 2.75) is 112 Å². The normalized spacial score (nSPS) is 53.7. The van der Waals surface area contributed by atoms with Crippen molar-refractivity contribution in [3.8, 4) is 0 Å². The van der Waals surface area contributed by atoms with Crippen LogP contribution >= 0.6 is 0 Å². The van der Waals surface area contributed by atoms with Gasteiger partial charge in [0.2, 0.25) is 0 Å². The van der Waals surface area contributed by atoms with Gasteiger partial charge in [0.1, 0.15) is 24.4 Å². The molecule has 4 fully saturated rings. The average Bonchev–Trinajstić information content (AvgIpc) is 2.75. The number of hydrogen-bond acceptors (Lipinski definition) is 10. The third-order valence-electron chi connectivity index (χ3n) is 7.55. The SMILES string of the molecule is OC[C@H]1O[C@@H](OC2CC(O)CC3OC(C4CCC(O)CC4)C(O)CC32)[C@H](O)[C@H](O)[C@@H]1O. The Labute approximate surface area is 181 Å². The van der Waals surface area contributed by atoms with Crippen LogP contribution in [0.15, 0.2) is 0 Å². The summed E-state index contributed by atoms with van der Waals surface area (Å²) in [6, 6.07) is 0. The van der Waals surface area contributed by atoms with E-state index in [0.29, 0.717) is 25.7 Å². The molecule has 0 aromatic heterocycles. The molecule has 4 rings (SSSR count). The van der Waals surface area contributed by atoms with Crippen LogP contribution in [0.5, 0.6) is 0 Å². The zero-order chi connectivity index (χ0) is 22.3. The van der Waals surface area contributed by atoms with Crippen LogP contribution in [-0.4, -0.2) is 110 Å². The monoisotopic (exact) mass is 448 g/mol. The van der Waals surface area contributed by atoms with E-state index in [1.807, 2.05) is 0 Å². The summed E-state index contributed by atoms with van der Waals surface area (Å²) in [6.45, 7) is -0.552. The first kappa shape index (κ1) is 23.7. The molecule has 2 saturated carbocycles. The van der Waals surface area contributed by atoms with Gasteiger partial charge in [0.05, 0.1) is 43.2 Å². The lowest BCUT2D eigenvalue weighted by Crippen LogP contribution is -2.61. The minimum atomic E-state index is -1.54. The van der Waals surface area contributed by atoms with Crippen LogP contribution in [0.2, 0.25) is 0 Å². The van der Waals surface area contributed by atoms with E-state index in [2.05, 4.69) is 0 Å². The minimum Gasteiger partial charge on any atom is -0.394 e. The van der Waals surface area contributed by atoms with E-state index in [9.17, 15) is 35.7 Å². The van der Waals surface area contributed by atoms with E-state index in [-0.39, 0.29) is 36.6 Å². The standard InChI is InChI=1S/C21H36O10/c22-8-16-17(26)18(27)19(28)21(31-16)30-15-6-11(24)5-14-12(15)7-13(25)20(29-14)9-1-3-10(23)4-2-9/h9-28H,1-8H2/t9?,10?,11?,12?,13?,14?,15?,16-,17-,18-,19-,20?,21-/m1/s1. The van der Waals surface area contributed by atoms with E-state index >= 15 is 0 Å². The van der Waals surface area contributed by atoms with Crippen LogP contribution < -0.4 is 0 Å². The summed E-state index contributed by atoms with van der Waals surface area (Å²) in [6.07, 6.45) is -5.86. The highest BCUT2D eigenvalue weighted by atomic mass is 16.7. The van der Waals surface area contributed by atoms with Crippen molar-refractivity contribution in [3.05, 3.63) is 0 Å². The van der Waals surface area contributed by atoms with Crippen LogP contribution in [0.4, 0.5) is 0 Å². The largest absolute Gasteiger partial charge is 0.394 e. The van der Waals surface area contributed by atoms with E-state index in [4.69, 9.17) is 14.2 Å². The maximum absolute atomic E-state index is 10.8. The first-order valence-corrected chi connectivity index (χ1v) is 11.4. The molecule has 0 radical (unpaired) electrons. The second-order valence-electron chi connectivity index (χ2n) is 9.67. The molecule has 0 amide bonds. The second kappa shape index (κ2) is 9.84. The molecular formula is C21H36O10. The van der Waals surface area contributed by atoms with Gasteiger partial charge in [0.15, 0.2) is 6.29 Å². The van der Waals surface area contributed by atoms with Crippen LogP contribution in [0.25, 0.3) is 0 Å². The van der Waals surface area contributed by atoms with Gasteiger partial charge >= 0.3 is 0 Å². The van der Waals surface area contributed by atoms with E-state index in [1.54, 1.807) is 0 Å². The molecule has 4 aliphatic rings. The molecule has 0 spiro atoms. The molecular weight excluding hydrogens is 412 g/mol. The van der Waals surface area contributed by atoms with Gasteiger partial charge < -0.3 is 50.0 Å². The molecule has 6 unspecified atom stereocenters. The molecule has 0 bridgehead atoms. The molecule has 10 nitrogen and oxygen atoms in total. The number of rotatable bonds is 4. The lowest BCUT2D eigenvalue weighted by atomic mass is 9.73. The lowest BCUT2D eigenvalue weighted by Gasteiger charge is -2.50. The Hall–Kier alpha value is -0.400. The first-order valence-electron chi connectivity index (χ1n) is 11.4. The predicted molar refractivity (Wildman–Crippen MR) is 105 cm³/mol. The van der Waals surface area contributed by atoms with Crippen LogP contribution in [-0.2, 0) is 14.2 Å². The highest BCUT2D eigenvalue weighted by Crippen LogP contribution is 2.43. The van der Waals surface area contributed by atoms with Gasteiger partial charge in [-0.25, -0.2) is 0 Å². The number of fused-ring (bicyclic) bond motifs is 1. The molecule has 0 aromatic rings. The Balaban J connectivity index is 1.43. The van der Waals surface area contributed by atoms with Gasteiger partial charge in [-0.3, -0.25) is 0 Å². The molecule has 2 aliphatic carbocycles. The van der Waals surface area contributed by atoms with Gasteiger partial charge in [-0.1, -0.05) is 0 Å². The Morgan fingerprint density at radius 3 is 2.13 bits per heavy atom. The molecule has 7 N–H and O–H groups in total. The van der Waals surface area contributed by atoms with Crippen molar-refractivity contribution in [1.82, 2.24) is 0 Å². The van der Waals surface area contributed by atoms with Crippen molar-refractivity contribution in [2.75, 3.05) is 6.61 Å². The summed E-state index contributed by atoms with van der Waals surface area (Å²) in [5, 5.41) is 70.7. The number of ether oxygens (including phenoxy) is 3.